The highest BCUT2D eigenvalue weighted by Crippen LogP contribution is 2.47. The Hall–Kier alpha value is -5.54. The van der Waals surface area contributed by atoms with Crippen LogP contribution in [0.5, 0.6) is 11.5 Å². The summed E-state index contributed by atoms with van der Waals surface area (Å²) in [5.41, 5.74) is 14.7. The summed E-state index contributed by atoms with van der Waals surface area (Å²) in [5.74, 6) is -6.31. The number of hydrogen-bond acceptors (Lipinski definition) is 17. The van der Waals surface area contributed by atoms with Crippen LogP contribution >= 0.6 is 35.3 Å². The topological polar surface area (TPSA) is 303 Å². The quantitative estimate of drug-likeness (QED) is 0.0460. The molecule has 0 radical (unpaired) electrons. The number of aliphatic carboxylic acids is 2. The number of nitrogens with two attached hydrogens (primary N) is 3. The molecule has 47 heavy (non-hydrogen) atoms. The first-order valence-corrected chi connectivity index (χ1v) is 15.4. The van der Waals surface area contributed by atoms with E-state index in [1.807, 2.05) is 0 Å². The molecule has 4 heterocycles. The van der Waals surface area contributed by atoms with Crippen LogP contribution in [-0.4, -0.2) is 91.8 Å². The van der Waals surface area contributed by atoms with Gasteiger partial charge < -0.3 is 47.8 Å². The molecule has 3 aromatic rings. The molecule has 1 aromatic carbocycles. The number of benzene rings is 1. The van der Waals surface area contributed by atoms with Gasteiger partial charge in [0.05, 0.1) is 0 Å². The predicted molar refractivity (Wildman–Crippen MR) is 172 cm³/mol. The number of thioether (sulfide) groups is 1. The van der Waals surface area contributed by atoms with Gasteiger partial charge >= 0.3 is 11.9 Å². The number of β-lactam (4-membered cyclic amide) rings is 1. The molecule has 2 aliphatic rings. The zero-order chi connectivity index (χ0) is 34.4. The minimum atomic E-state index is -1.94. The van der Waals surface area contributed by atoms with Crippen LogP contribution in [0.1, 0.15) is 28.7 Å². The zero-order valence-corrected chi connectivity index (χ0v) is 26.2. The van der Waals surface area contributed by atoms with Crippen LogP contribution in [-0.2, 0) is 24.0 Å². The molecule has 18 nitrogen and oxygen atoms in total. The molecule has 0 aliphatic carbocycles. The second-order valence-electron chi connectivity index (χ2n) is 9.94. The molecular weight excluding hydrogens is 679 g/mol. The lowest BCUT2D eigenvalue weighted by molar-refractivity contribution is -0.153. The molecule has 2 amide bonds. The second-order valence-corrected chi connectivity index (χ2v) is 12.1. The van der Waals surface area contributed by atoms with E-state index in [4.69, 9.17) is 34.3 Å². The molecule has 0 bridgehead atoms. The summed E-state index contributed by atoms with van der Waals surface area (Å²) < 4.78 is 0. The van der Waals surface area contributed by atoms with Gasteiger partial charge in [-0.2, -0.15) is 0 Å². The van der Waals surface area contributed by atoms with Crippen LogP contribution in [0.2, 0.25) is 0 Å². The van der Waals surface area contributed by atoms with Crippen molar-refractivity contribution in [2.24, 2.45) is 5.16 Å². The SMILES string of the molecule is Cc1c(N)nc(C2=C(C(=O)O)N3C(=O)C(C=S)(NC(=O)C(=NO[C@@H](C(=O)O)c4ccc(O)c(O)c4)c4csc(N)n4)[C@@H]3SC2)nc1N. The number of anilines is 3. The first-order chi connectivity index (χ1) is 22.2. The van der Waals surface area contributed by atoms with E-state index in [1.165, 1.54) is 5.38 Å². The number of aromatic nitrogens is 3. The number of amides is 2. The number of nitrogens with one attached hydrogen (secondary N) is 1. The van der Waals surface area contributed by atoms with Crippen molar-refractivity contribution >= 4 is 92.5 Å². The average molecular weight is 702 g/mol. The number of thiazole rings is 1. The number of carbonyl (C=O) groups excluding carboxylic acids is 2. The summed E-state index contributed by atoms with van der Waals surface area (Å²) in [6.45, 7) is 1.59. The highest BCUT2D eigenvalue weighted by molar-refractivity contribution is 8.00. The Labute approximate surface area is 276 Å². The van der Waals surface area contributed by atoms with Crippen molar-refractivity contribution in [2.75, 3.05) is 23.0 Å². The maximum absolute atomic E-state index is 13.7. The number of nitrogens with zero attached hydrogens (tertiary/aromatic N) is 5. The molecule has 1 unspecified atom stereocenters. The average Bonchev–Trinajstić information content (AvgIpc) is 3.46. The molecule has 2 aromatic heterocycles. The fraction of sp³-hybridized carbons (Fsp3) is 0.192. The fourth-order valence-corrected chi connectivity index (χ4v) is 6.95. The Balaban J connectivity index is 1.49. The molecule has 21 heteroatoms. The van der Waals surface area contributed by atoms with Gasteiger partial charge in [0.15, 0.2) is 33.7 Å². The third kappa shape index (κ3) is 5.70. The van der Waals surface area contributed by atoms with Crippen LogP contribution < -0.4 is 22.5 Å². The number of oxime groups is 1. The van der Waals surface area contributed by atoms with Crippen LogP contribution in [0.4, 0.5) is 16.8 Å². The van der Waals surface area contributed by atoms with Gasteiger partial charge in [0.2, 0.25) is 6.10 Å². The van der Waals surface area contributed by atoms with E-state index in [0.29, 0.717) is 5.56 Å². The third-order valence-electron chi connectivity index (χ3n) is 7.06. The number of phenolic OH excluding ortho intramolecular Hbond substituents is 2. The Morgan fingerprint density at radius 2 is 1.85 bits per heavy atom. The number of phenols is 2. The van der Waals surface area contributed by atoms with Crippen molar-refractivity contribution in [3.63, 3.8) is 0 Å². The number of rotatable bonds is 10. The molecule has 2 aliphatic heterocycles. The largest absolute Gasteiger partial charge is 0.504 e. The molecule has 0 saturated carbocycles. The standard InChI is InChI=1S/C26H23N9O9S3/c1-8-17(27)31-19(32-18(8)28)10-5-46-24-26(7-45,23(43)35(24)15(10)21(39)40)33-20(38)14(11-6-47-25(29)30-11)34-44-16(22(41)42)9-2-3-12(36)13(37)4-9/h2-4,6-7,16,24,36-37H,5H2,1H3,(H2,29,30)(H,33,38)(H,39,40)(H,41,42)(H4,27,28,31,32)/t16-,24+,26?/m1/s1. The van der Waals surface area contributed by atoms with Gasteiger partial charge in [-0.1, -0.05) is 23.4 Å². The number of thiocarbonyl (C=S) groups is 1. The lowest BCUT2D eigenvalue weighted by Gasteiger charge is -2.55. The van der Waals surface area contributed by atoms with E-state index in [2.05, 4.69) is 25.4 Å². The maximum Gasteiger partial charge on any atom is 0.353 e. The van der Waals surface area contributed by atoms with Crippen molar-refractivity contribution in [3.05, 3.63) is 51.9 Å². The van der Waals surface area contributed by atoms with Crippen LogP contribution in [0.15, 0.2) is 34.4 Å². The van der Waals surface area contributed by atoms with Gasteiger partial charge in [-0.3, -0.25) is 14.5 Å². The Kier molecular flexibility index (Phi) is 8.62. The van der Waals surface area contributed by atoms with Crippen molar-refractivity contribution in [3.8, 4) is 11.5 Å². The summed E-state index contributed by atoms with van der Waals surface area (Å²) >= 11 is 7.13. The van der Waals surface area contributed by atoms with Gasteiger partial charge in [-0.05, 0) is 19.1 Å². The van der Waals surface area contributed by atoms with Crippen molar-refractivity contribution in [1.29, 1.82) is 0 Å². The first kappa shape index (κ1) is 32.8. The number of aromatic hydroxyl groups is 2. The minimum Gasteiger partial charge on any atom is -0.504 e. The second kappa shape index (κ2) is 12.3. The van der Waals surface area contributed by atoms with E-state index < -0.39 is 63.7 Å². The summed E-state index contributed by atoms with van der Waals surface area (Å²) in [7, 11) is 0. The van der Waals surface area contributed by atoms with Crippen LogP contribution in [0.3, 0.4) is 0 Å². The van der Waals surface area contributed by atoms with Gasteiger partial charge in [0.25, 0.3) is 11.8 Å². The smallest absolute Gasteiger partial charge is 0.353 e. The molecule has 0 spiro atoms. The number of carbonyl (C=O) groups is 4. The maximum atomic E-state index is 13.7. The van der Waals surface area contributed by atoms with Crippen molar-refractivity contribution in [1.82, 2.24) is 25.2 Å². The van der Waals surface area contributed by atoms with E-state index in [1.54, 1.807) is 6.92 Å². The number of carboxylic acids is 2. The minimum absolute atomic E-state index is 0.0142. The van der Waals surface area contributed by atoms with E-state index >= 15 is 0 Å². The lowest BCUT2D eigenvalue weighted by Crippen LogP contribution is -2.80. The Bertz CT molecular complexity index is 1910. The Morgan fingerprint density at radius 1 is 1.17 bits per heavy atom. The first-order valence-electron chi connectivity index (χ1n) is 13.0. The predicted octanol–water partition coefficient (Wildman–Crippen LogP) is 0.212. The number of hydrogen-bond donors (Lipinski definition) is 8. The zero-order valence-electron chi connectivity index (χ0n) is 23.8. The number of nitrogen functional groups attached to an aromatic ring is 3. The normalized spacial score (nSPS) is 19.8. The highest BCUT2D eigenvalue weighted by atomic mass is 32.2. The van der Waals surface area contributed by atoms with Crippen molar-refractivity contribution in [2.45, 2.75) is 23.9 Å². The summed E-state index contributed by atoms with van der Waals surface area (Å²) in [4.78, 5) is 70.3. The molecule has 1 fully saturated rings. The molecule has 3 atom stereocenters. The monoisotopic (exact) mass is 701 g/mol. The number of fused-ring (bicyclic) bond motifs is 1. The van der Waals surface area contributed by atoms with Gasteiger partial charge in [0, 0.05) is 33.2 Å². The summed E-state index contributed by atoms with van der Waals surface area (Å²) in [6, 6.07) is 3.11. The summed E-state index contributed by atoms with van der Waals surface area (Å²) in [5, 5.41) is 46.7. The van der Waals surface area contributed by atoms with Gasteiger partial charge in [-0.15, -0.1) is 23.1 Å². The molecule has 244 valence electrons. The molecule has 5 rings (SSSR count). The summed E-state index contributed by atoms with van der Waals surface area (Å²) in [6.07, 6.45) is -1.87. The van der Waals surface area contributed by atoms with E-state index in [0.717, 1.165) is 51.6 Å². The van der Waals surface area contributed by atoms with Gasteiger partial charge in [0.1, 0.15) is 28.4 Å². The van der Waals surface area contributed by atoms with E-state index in [9.17, 15) is 39.6 Å². The molecule has 11 N–H and O–H groups in total. The Morgan fingerprint density at radius 3 is 2.40 bits per heavy atom. The van der Waals surface area contributed by atoms with Crippen molar-refractivity contribution < 1.29 is 44.4 Å². The lowest BCUT2D eigenvalue weighted by atomic mass is 9.87. The fourth-order valence-electron chi connectivity index (χ4n) is 4.60. The molecule has 1 saturated heterocycles. The third-order valence-corrected chi connectivity index (χ3v) is 9.46. The highest BCUT2D eigenvalue weighted by Gasteiger charge is 2.65. The number of carboxylic acid groups (broad SMARTS) is 2. The van der Waals surface area contributed by atoms with E-state index in [-0.39, 0.29) is 45.2 Å². The molecular formula is C26H23N9O9S3. The van der Waals surface area contributed by atoms with Gasteiger partial charge in [-0.25, -0.2) is 24.5 Å². The van der Waals surface area contributed by atoms with Crippen LogP contribution in [0, 0.1) is 6.92 Å². The van der Waals surface area contributed by atoms with Crippen LogP contribution in [0.25, 0.3) is 5.57 Å².